The Morgan fingerprint density at radius 1 is 0.885 bits per heavy atom. The molecule has 0 unspecified atom stereocenters. The summed E-state index contributed by atoms with van der Waals surface area (Å²) in [6.45, 7) is 3.81. The molecule has 0 atom stereocenters. The molecule has 4 rings (SSSR count). The number of hydrogen-bond donors (Lipinski definition) is 0. The van der Waals surface area contributed by atoms with Gasteiger partial charge in [-0.1, -0.05) is 59.5 Å². The minimum atomic E-state index is -0.165. The summed E-state index contributed by atoms with van der Waals surface area (Å²) in [4.78, 5) is 4.68. The van der Waals surface area contributed by atoms with Crippen LogP contribution in [0.4, 0.5) is 15.2 Å². The van der Waals surface area contributed by atoms with Crippen LogP contribution in [0.15, 0.2) is 58.9 Å². The van der Waals surface area contributed by atoms with Gasteiger partial charge in [-0.2, -0.15) is 0 Å². The molecule has 0 amide bonds. The van der Waals surface area contributed by atoms with Crippen LogP contribution >= 0.6 is 23.1 Å². The number of halogens is 1. The summed E-state index contributed by atoms with van der Waals surface area (Å²) in [6, 6.07) is 17.4. The van der Waals surface area contributed by atoms with E-state index in [-0.39, 0.29) is 5.82 Å². The van der Waals surface area contributed by atoms with Crippen LogP contribution < -0.4 is 9.80 Å². The van der Waals surface area contributed by atoms with Crippen molar-refractivity contribution in [1.82, 2.24) is 10.2 Å². The molecule has 2 heterocycles. The third-order valence-corrected chi connectivity index (χ3v) is 6.54. The molecule has 7 heteroatoms. The van der Waals surface area contributed by atoms with E-state index in [1.165, 1.54) is 23.5 Å². The Bertz CT molecular complexity index is 848. The van der Waals surface area contributed by atoms with E-state index in [0.29, 0.717) is 11.3 Å². The van der Waals surface area contributed by atoms with Gasteiger partial charge in [0.1, 0.15) is 5.82 Å². The van der Waals surface area contributed by atoms with Gasteiger partial charge < -0.3 is 9.80 Å². The zero-order valence-electron chi connectivity index (χ0n) is 14.2. The van der Waals surface area contributed by atoms with E-state index >= 15 is 0 Å². The molecule has 0 saturated carbocycles. The van der Waals surface area contributed by atoms with Crippen LogP contribution in [0.3, 0.4) is 0 Å². The third-order valence-electron chi connectivity index (χ3n) is 4.38. The first-order chi connectivity index (χ1) is 12.8. The number of thioether (sulfide) groups is 1. The molecule has 0 aliphatic carbocycles. The second-order valence-electron chi connectivity index (χ2n) is 6.04. The van der Waals surface area contributed by atoms with Crippen LogP contribution in [-0.2, 0) is 5.75 Å². The molecule has 0 bridgehead atoms. The lowest BCUT2D eigenvalue weighted by atomic mass is 10.2. The van der Waals surface area contributed by atoms with Crippen molar-refractivity contribution in [3.8, 4) is 0 Å². The summed E-state index contributed by atoms with van der Waals surface area (Å²) in [5.74, 6) is 0.407. The van der Waals surface area contributed by atoms with Crippen LogP contribution in [0.1, 0.15) is 5.56 Å². The number of nitrogens with zero attached hydrogens (tertiary/aromatic N) is 4. The van der Waals surface area contributed by atoms with Crippen molar-refractivity contribution in [2.24, 2.45) is 0 Å². The summed E-state index contributed by atoms with van der Waals surface area (Å²) < 4.78 is 14.6. The summed E-state index contributed by atoms with van der Waals surface area (Å²) in [5, 5.41) is 9.55. The molecule has 2 aromatic carbocycles. The van der Waals surface area contributed by atoms with Gasteiger partial charge in [0, 0.05) is 37.6 Å². The first kappa shape index (κ1) is 17.3. The fourth-order valence-electron chi connectivity index (χ4n) is 2.94. The lowest BCUT2D eigenvalue weighted by Crippen LogP contribution is -2.46. The predicted octanol–water partition coefficient (Wildman–Crippen LogP) is 4.30. The third kappa shape index (κ3) is 3.99. The number of para-hydroxylation sites is 1. The van der Waals surface area contributed by atoms with Gasteiger partial charge in [-0.05, 0) is 23.8 Å². The molecule has 0 N–H and O–H groups in total. The van der Waals surface area contributed by atoms with Crippen LogP contribution in [-0.4, -0.2) is 36.4 Å². The molecule has 0 spiro atoms. The molecule has 1 fully saturated rings. The SMILES string of the molecule is Fc1ccccc1CSc1nnc(N2CCN(c3ccccc3)CC2)s1. The quantitative estimate of drug-likeness (QED) is 0.611. The Morgan fingerprint density at radius 3 is 2.35 bits per heavy atom. The Balaban J connectivity index is 1.33. The fraction of sp³-hybridized carbons (Fsp3) is 0.263. The van der Waals surface area contributed by atoms with Gasteiger partial charge >= 0.3 is 0 Å². The van der Waals surface area contributed by atoms with E-state index in [9.17, 15) is 4.39 Å². The smallest absolute Gasteiger partial charge is 0.209 e. The van der Waals surface area contributed by atoms with Gasteiger partial charge in [0.25, 0.3) is 0 Å². The highest BCUT2D eigenvalue weighted by Gasteiger charge is 2.20. The van der Waals surface area contributed by atoms with Crippen LogP contribution in [0.25, 0.3) is 0 Å². The Morgan fingerprint density at radius 2 is 1.58 bits per heavy atom. The molecule has 0 radical (unpaired) electrons. The highest BCUT2D eigenvalue weighted by Crippen LogP contribution is 2.31. The molecule has 26 heavy (non-hydrogen) atoms. The van der Waals surface area contributed by atoms with Gasteiger partial charge in [0.15, 0.2) is 4.34 Å². The normalized spacial score (nSPS) is 14.7. The van der Waals surface area contributed by atoms with E-state index in [1.807, 2.05) is 18.2 Å². The predicted molar refractivity (Wildman–Crippen MR) is 107 cm³/mol. The molecule has 3 aromatic rings. The van der Waals surface area contributed by atoms with Crippen molar-refractivity contribution < 1.29 is 4.39 Å². The van der Waals surface area contributed by atoms with Crippen molar-refractivity contribution >= 4 is 33.9 Å². The van der Waals surface area contributed by atoms with Gasteiger partial charge in [-0.25, -0.2) is 4.39 Å². The number of hydrogen-bond acceptors (Lipinski definition) is 6. The van der Waals surface area contributed by atoms with Crippen LogP contribution in [0.2, 0.25) is 0 Å². The summed E-state index contributed by atoms with van der Waals surface area (Å²) in [6.07, 6.45) is 0. The maximum atomic E-state index is 13.7. The second kappa shape index (κ2) is 8.05. The van der Waals surface area contributed by atoms with Gasteiger partial charge in [-0.15, -0.1) is 10.2 Å². The number of aromatic nitrogens is 2. The van der Waals surface area contributed by atoms with Crippen molar-refractivity contribution in [3.63, 3.8) is 0 Å². The summed E-state index contributed by atoms with van der Waals surface area (Å²) >= 11 is 3.13. The zero-order chi connectivity index (χ0) is 17.8. The average molecular weight is 387 g/mol. The Hall–Kier alpha value is -2.12. The summed E-state index contributed by atoms with van der Waals surface area (Å²) in [5.41, 5.74) is 1.97. The van der Waals surface area contributed by atoms with Crippen molar-refractivity contribution in [2.45, 2.75) is 10.1 Å². The zero-order valence-corrected chi connectivity index (χ0v) is 15.8. The number of piperazine rings is 1. The first-order valence-electron chi connectivity index (χ1n) is 8.54. The van der Waals surface area contributed by atoms with E-state index in [0.717, 1.165) is 35.7 Å². The molecule has 1 aliphatic heterocycles. The topological polar surface area (TPSA) is 32.3 Å². The van der Waals surface area contributed by atoms with E-state index < -0.39 is 0 Å². The van der Waals surface area contributed by atoms with Gasteiger partial charge in [0.2, 0.25) is 5.13 Å². The standard InChI is InChI=1S/C19H19FN4S2/c20-17-9-5-4-6-15(17)14-25-19-22-21-18(26-19)24-12-10-23(11-13-24)16-7-2-1-3-8-16/h1-9H,10-14H2. The van der Waals surface area contributed by atoms with Gasteiger partial charge in [0.05, 0.1) is 0 Å². The molecular weight excluding hydrogens is 367 g/mol. The molecule has 4 nitrogen and oxygen atoms in total. The number of rotatable bonds is 5. The van der Waals surface area contributed by atoms with E-state index in [4.69, 9.17) is 0 Å². The minimum Gasteiger partial charge on any atom is -0.368 e. The lowest BCUT2D eigenvalue weighted by molar-refractivity contribution is 0.617. The molecule has 1 aromatic heterocycles. The molecule has 1 aliphatic rings. The maximum Gasteiger partial charge on any atom is 0.209 e. The largest absolute Gasteiger partial charge is 0.368 e. The summed E-state index contributed by atoms with van der Waals surface area (Å²) in [7, 11) is 0. The number of anilines is 2. The van der Waals surface area contributed by atoms with Crippen molar-refractivity contribution in [1.29, 1.82) is 0 Å². The van der Waals surface area contributed by atoms with Gasteiger partial charge in [-0.3, -0.25) is 0 Å². The highest BCUT2D eigenvalue weighted by molar-refractivity contribution is 8.00. The van der Waals surface area contributed by atoms with Crippen molar-refractivity contribution in [2.75, 3.05) is 36.0 Å². The first-order valence-corrected chi connectivity index (χ1v) is 10.3. The monoisotopic (exact) mass is 386 g/mol. The van der Waals surface area contributed by atoms with Crippen LogP contribution in [0.5, 0.6) is 0 Å². The van der Waals surface area contributed by atoms with E-state index in [1.54, 1.807) is 17.4 Å². The maximum absolute atomic E-state index is 13.7. The van der Waals surface area contributed by atoms with Crippen molar-refractivity contribution in [3.05, 3.63) is 66.0 Å². The number of benzene rings is 2. The molecular formula is C19H19FN4S2. The van der Waals surface area contributed by atoms with E-state index in [2.05, 4.69) is 44.3 Å². The van der Waals surface area contributed by atoms with Crippen LogP contribution in [0, 0.1) is 5.82 Å². The average Bonchev–Trinajstić information content (AvgIpc) is 3.17. The minimum absolute atomic E-state index is 0.165. The second-order valence-corrected chi connectivity index (χ2v) is 8.22. The Labute approximate surface area is 160 Å². The molecule has 1 saturated heterocycles. The molecule has 134 valence electrons. The fourth-order valence-corrected chi connectivity index (χ4v) is 4.82. The highest BCUT2D eigenvalue weighted by atomic mass is 32.2. The lowest BCUT2D eigenvalue weighted by Gasteiger charge is -2.35. The Kier molecular flexibility index (Phi) is 5.36.